The number of ether oxygens (including phenoxy) is 1. The first-order valence-electron chi connectivity index (χ1n) is 6.98. The van der Waals surface area contributed by atoms with Crippen molar-refractivity contribution in [3.05, 3.63) is 80.8 Å². The van der Waals surface area contributed by atoms with E-state index in [9.17, 15) is 19.3 Å². The number of carbonyl (C=O) groups excluding carboxylic acids is 1. The van der Waals surface area contributed by atoms with Gasteiger partial charge in [-0.1, -0.05) is 24.3 Å². The van der Waals surface area contributed by atoms with Crippen LogP contribution in [0.4, 0.5) is 10.1 Å². The number of nitro benzene ring substituents is 1. The van der Waals surface area contributed by atoms with Crippen molar-refractivity contribution in [1.82, 2.24) is 0 Å². The molecule has 2 aromatic rings. The van der Waals surface area contributed by atoms with E-state index in [1.807, 2.05) is 0 Å². The highest BCUT2D eigenvalue weighted by molar-refractivity contribution is 6.13. The van der Waals surface area contributed by atoms with E-state index in [0.717, 1.165) is 0 Å². The minimum absolute atomic E-state index is 0.0503. The number of aliphatic imine (C=N–C) groups is 1. The highest BCUT2D eigenvalue weighted by atomic mass is 19.1. The van der Waals surface area contributed by atoms with Crippen LogP contribution in [0.5, 0.6) is 0 Å². The van der Waals surface area contributed by atoms with Crippen molar-refractivity contribution >= 4 is 23.6 Å². The van der Waals surface area contributed by atoms with Crippen molar-refractivity contribution < 1.29 is 18.8 Å². The Morgan fingerprint density at radius 1 is 1.25 bits per heavy atom. The zero-order valence-corrected chi connectivity index (χ0v) is 12.5. The molecule has 0 N–H and O–H groups in total. The molecule has 1 aliphatic rings. The smallest absolute Gasteiger partial charge is 0.363 e. The number of cyclic esters (lactones) is 1. The van der Waals surface area contributed by atoms with E-state index in [1.54, 1.807) is 25.1 Å². The summed E-state index contributed by atoms with van der Waals surface area (Å²) in [6.07, 6.45) is 1.27. The average Bonchev–Trinajstić information content (AvgIpc) is 2.91. The first-order valence-corrected chi connectivity index (χ1v) is 6.98. The normalized spacial score (nSPS) is 15.3. The summed E-state index contributed by atoms with van der Waals surface area (Å²) in [6, 6.07) is 10.3. The molecule has 0 saturated carbocycles. The summed E-state index contributed by atoms with van der Waals surface area (Å²) >= 11 is 0. The first-order chi connectivity index (χ1) is 11.5. The predicted molar refractivity (Wildman–Crippen MR) is 84.8 cm³/mol. The summed E-state index contributed by atoms with van der Waals surface area (Å²) in [5.74, 6) is -1.28. The predicted octanol–water partition coefficient (Wildman–Crippen LogP) is 3.39. The number of hydrogen-bond donors (Lipinski definition) is 0. The van der Waals surface area contributed by atoms with Gasteiger partial charge in [0.2, 0.25) is 5.90 Å². The minimum atomic E-state index is -0.739. The fraction of sp³-hybridized carbons (Fsp3) is 0.0588. The molecule has 24 heavy (non-hydrogen) atoms. The molecule has 0 radical (unpaired) electrons. The lowest BCUT2D eigenvalue weighted by atomic mass is 10.1. The molecule has 0 saturated heterocycles. The topological polar surface area (TPSA) is 81.8 Å². The number of carbonyl (C=O) groups is 1. The number of rotatable bonds is 3. The molecule has 0 atom stereocenters. The van der Waals surface area contributed by atoms with E-state index in [0.29, 0.717) is 11.1 Å². The van der Waals surface area contributed by atoms with Crippen molar-refractivity contribution in [2.75, 3.05) is 0 Å². The van der Waals surface area contributed by atoms with E-state index < -0.39 is 16.7 Å². The van der Waals surface area contributed by atoms with Gasteiger partial charge in [0.25, 0.3) is 5.69 Å². The van der Waals surface area contributed by atoms with Crippen molar-refractivity contribution in [3.8, 4) is 0 Å². The lowest BCUT2D eigenvalue weighted by Gasteiger charge is -2.01. The van der Waals surface area contributed by atoms with Crippen LogP contribution in [0.1, 0.15) is 16.7 Å². The monoisotopic (exact) mass is 326 g/mol. The molecular formula is C17H11FN2O4. The number of halogens is 1. The van der Waals surface area contributed by atoms with Crippen LogP contribution in [0.3, 0.4) is 0 Å². The summed E-state index contributed by atoms with van der Waals surface area (Å²) < 4.78 is 18.7. The number of esters is 1. The molecule has 0 amide bonds. The van der Waals surface area contributed by atoms with Gasteiger partial charge in [0.05, 0.1) is 4.92 Å². The van der Waals surface area contributed by atoms with Gasteiger partial charge in [-0.25, -0.2) is 14.2 Å². The Bertz CT molecular complexity index is 919. The third-order valence-corrected chi connectivity index (χ3v) is 3.47. The Morgan fingerprint density at radius 2 is 2.00 bits per heavy atom. The number of benzene rings is 2. The zero-order chi connectivity index (χ0) is 17.3. The summed E-state index contributed by atoms with van der Waals surface area (Å²) in [5.41, 5.74) is 0.814. The van der Waals surface area contributed by atoms with Gasteiger partial charge in [0, 0.05) is 22.8 Å². The molecule has 0 unspecified atom stereocenters. The van der Waals surface area contributed by atoms with Gasteiger partial charge >= 0.3 is 5.97 Å². The maximum Gasteiger partial charge on any atom is 0.363 e. The SMILES string of the molecule is Cc1ccc(C2=N/C(=C/c3ccccc3F)C(=O)O2)cc1[N+](=O)[O-]. The lowest BCUT2D eigenvalue weighted by molar-refractivity contribution is -0.385. The van der Waals surface area contributed by atoms with Gasteiger partial charge in [-0.05, 0) is 25.1 Å². The van der Waals surface area contributed by atoms with Crippen LogP contribution in [0.2, 0.25) is 0 Å². The molecule has 0 aromatic heterocycles. The summed E-state index contributed by atoms with van der Waals surface area (Å²) in [5, 5.41) is 11.0. The Kier molecular flexibility index (Phi) is 3.91. The molecular weight excluding hydrogens is 315 g/mol. The second-order valence-corrected chi connectivity index (χ2v) is 5.12. The molecule has 0 bridgehead atoms. The van der Waals surface area contributed by atoms with Gasteiger partial charge in [-0.2, -0.15) is 0 Å². The molecule has 3 rings (SSSR count). The third-order valence-electron chi connectivity index (χ3n) is 3.47. The fourth-order valence-corrected chi connectivity index (χ4v) is 2.21. The Hall–Kier alpha value is -3.35. The third kappa shape index (κ3) is 2.91. The molecule has 0 fully saturated rings. The minimum Gasteiger partial charge on any atom is -0.402 e. The van der Waals surface area contributed by atoms with Crippen molar-refractivity contribution in [1.29, 1.82) is 0 Å². The fourth-order valence-electron chi connectivity index (χ4n) is 2.21. The van der Waals surface area contributed by atoms with Crippen LogP contribution in [0.25, 0.3) is 6.08 Å². The summed E-state index contributed by atoms with van der Waals surface area (Å²) in [7, 11) is 0. The Balaban J connectivity index is 2.00. The molecule has 0 spiro atoms. The highest BCUT2D eigenvalue weighted by Crippen LogP contribution is 2.24. The first kappa shape index (κ1) is 15.5. The zero-order valence-electron chi connectivity index (χ0n) is 12.5. The van der Waals surface area contributed by atoms with E-state index in [-0.39, 0.29) is 22.8 Å². The number of nitro groups is 1. The second kappa shape index (κ2) is 6.04. The number of nitrogens with zero attached hydrogens (tertiary/aromatic N) is 2. The molecule has 6 nitrogen and oxygen atoms in total. The molecule has 120 valence electrons. The van der Waals surface area contributed by atoms with Crippen LogP contribution in [0, 0.1) is 22.9 Å². The van der Waals surface area contributed by atoms with Gasteiger partial charge in [0.1, 0.15) is 5.82 Å². The van der Waals surface area contributed by atoms with Crippen LogP contribution in [0.15, 0.2) is 53.2 Å². The largest absolute Gasteiger partial charge is 0.402 e. The van der Waals surface area contributed by atoms with Crippen molar-refractivity contribution in [2.45, 2.75) is 6.92 Å². The highest BCUT2D eigenvalue weighted by Gasteiger charge is 2.26. The Morgan fingerprint density at radius 3 is 2.71 bits per heavy atom. The van der Waals surface area contributed by atoms with Crippen LogP contribution < -0.4 is 0 Å². The quantitative estimate of drug-likeness (QED) is 0.375. The van der Waals surface area contributed by atoms with Gasteiger partial charge in [-0.3, -0.25) is 10.1 Å². The van der Waals surface area contributed by atoms with E-state index in [4.69, 9.17) is 4.74 Å². The lowest BCUT2D eigenvalue weighted by Crippen LogP contribution is -2.06. The van der Waals surface area contributed by atoms with Gasteiger partial charge in [-0.15, -0.1) is 0 Å². The Labute approximate surface area is 136 Å². The standard InChI is InChI=1S/C17H11FN2O4/c1-10-6-7-12(9-15(10)20(22)23)16-19-14(17(21)24-16)8-11-4-2-3-5-13(11)18/h2-9H,1H3/b14-8+. The van der Waals surface area contributed by atoms with Gasteiger partial charge < -0.3 is 4.74 Å². The molecule has 1 aliphatic heterocycles. The summed E-state index contributed by atoms with van der Waals surface area (Å²) in [4.78, 5) is 26.4. The summed E-state index contributed by atoms with van der Waals surface area (Å²) in [6.45, 7) is 1.61. The van der Waals surface area contributed by atoms with E-state index in [2.05, 4.69) is 4.99 Å². The maximum absolute atomic E-state index is 13.7. The van der Waals surface area contributed by atoms with Crippen molar-refractivity contribution in [3.63, 3.8) is 0 Å². The van der Waals surface area contributed by atoms with E-state index in [1.165, 1.54) is 30.3 Å². The molecule has 0 aliphatic carbocycles. The molecule has 2 aromatic carbocycles. The van der Waals surface area contributed by atoms with Crippen LogP contribution in [-0.4, -0.2) is 16.8 Å². The molecule has 1 heterocycles. The average molecular weight is 326 g/mol. The number of aryl methyl sites for hydroxylation is 1. The maximum atomic E-state index is 13.7. The van der Waals surface area contributed by atoms with E-state index >= 15 is 0 Å². The second-order valence-electron chi connectivity index (χ2n) is 5.12. The number of hydrogen-bond acceptors (Lipinski definition) is 5. The van der Waals surface area contributed by atoms with Crippen LogP contribution in [-0.2, 0) is 9.53 Å². The van der Waals surface area contributed by atoms with Crippen molar-refractivity contribution in [2.24, 2.45) is 4.99 Å². The van der Waals surface area contributed by atoms with Gasteiger partial charge in [0.15, 0.2) is 5.70 Å². The van der Waals surface area contributed by atoms with Crippen LogP contribution >= 0.6 is 0 Å². The molecule has 7 heteroatoms.